The third-order valence-corrected chi connectivity index (χ3v) is 3.28. The zero-order chi connectivity index (χ0) is 14.8. The number of ether oxygens (including phenoxy) is 1. The Morgan fingerprint density at radius 3 is 2.75 bits per heavy atom. The average molecular weight is 276 g/mol. The number of hydrogen-bond acceptors (Lipinski definition) is 3. The highest BCUT2D eigenvalue weighted by atomic mass is 16.5. The van der Waals surface area contributed by atoms with E-state index in [9.17, 15) is 4.79 Å². The summed E-state index contributed by atoms with van der Waals surface area (Å²) >= 11 is 0. The lowest BCUT2D eigenvalue weighted by molar-refractivity contribution is -0.121. The van der Waals surface area contributed by atoms with Crippen molar-refractivity contribution in [3.05, 3.63) is 24.3 Å². The number of fused-ring (bicyclic) bond motifs is 1. The molecule has 1 atom stereocenters. The Hall–Kier alpha value is -1.55. The van der Waals surface area contributed by atoms with Crippen LogP contribution in [0, 0.1) is 5.92 Å². The monoisotopic (exact) mass is 276 g/mol. The lowest BCUT2D eigenvalue weighted by Crippen LogP contribution is -2.45. The number of nitrogens with zero attached hydrogens (tertiary/aromatic N) is 1. The number of amides is 1. The van der Waals surface area contributed by atoms with Gasteiger partial charge in [0.05, 0.1) is 5.69 Å². The van der Waals surface area contributed by atoms with Crippen LogP contribution < -0.4 is 15.0 Å². The van der Waals surface area contributed by atoms with Crippen molar-refractivity contribution in [2.75, 3.05) is 24.6 Å². The zero-order valence-electron chi connectivity index (χ0n) is 12.8. The number of hydrogen-bond donors (Lipinski definition) is 1. The number of carbonyl (C=O) groups is 1. The molecule has 1 amide bonds. The van der Waals surface area contributed by atoms with Crippen LogP contribution in [0.4, 0.5) is 5.69 Å². The Balaban J connectivity index is 2.03. The van der Waals surface area contributed by atoms with Crippen molar-refractivity contribution in [3.8, 4) is 5.75 Å². The largest absolute Gasteiger partial charge is 0.482 e. The highest BCUT2D eigenvalue weighted by Gasteiger charge is 2.26. The Kier molecular flexibility index (Phi) is 4.33. The van der Waals surface area contributed by atoms with Crippen molar-refractivity contribution >= 4 is 11.6 Å². The summed E-state index contributed by atoms with van der Waals surface area (Å²) < 4.78 is 5.45. The number of para-hydroxylation sites is 2. The number of benzene rings is 1. The summed E-state index contributed by atoms with van der Waals surface area (Å²) in [6.45, 7) is 10.3. The van der Waals surface area contributed by atoms with Gasteiger partial charge in [0, 0.05) is 12.1 Å². The van der Waals surface area contributed by atoms with E-state index in [2.05, 4.69) is 33.0 Å². The summed E-state index contributed by atoms with van der Waals surface area (Å²) in [5, 5.41) is 3.48. The molecule has 4 heteroatoms. The normalized spacial score (nSPS) is 16.6. The first kappa shape index (κ1) is 14.9. The van der Waals surface area contributed by atoms with E-state index >= 15 is 0 Å². The van der Waals surface area contributed by atoms with Crippen LogP contribution in [-0.4, -0.2) is 31.1 Å². The number of nitrogens with one attached hydrogen (secondary N) is 1. The first-order valence-electron chi connectivity index (χ1n) is 7.14. The predicted molar refractivity (Wildman–Crippen MR) is 81.2 cm³/mol. The average Bonchev–Trinajstić information content (AvgIpc) is 2.39. The third kappa shape index (κ3) is 3.73. The lowest BCUT2D eigenvalue weighted by Gasteiger charge is -2.32. The fourth-order valence-corrected chi connectivity index (χ4v) is 2.21. The standard InChI is InChI=1S/C16H24N2O2/c1-12(9-17-16(2,3)4)10-18-13-7-5-6-8-14(13)20-11-15(18)19/h5-8,12,17H,9-11H2,1-4H3. The summed E-state index contributed by atoms with van der Waals surface area (Å²) in [6.07, 6.45) is 0. The second-order valence-corrected chi connectivity index (χ2v) is 6.50. The Morgan fingerprint density at radius 1 is 1.35 bits per heavy atom. The minimum Gasteiger partial charge on any atom is -0.482 e. The molecule has 20 heavy (non-hydrogen) atoms. The zero-order valence-corrected chi connectivity index (χ0v) is 12.8. The van der Waals surface area contributed by atoms with E-state index in [4.69, 9.17) is 4.74 Å². The maximum Gasteiger partial charge on any atom is 0.265 e. The van der Waals surface area contributed by atoms with Gasteiger partial charge in [-0.1, -0.05) is 19.1 Å². The van der Waals surface area contributed by atoms with Crippen LogP contribution in [0.5, 0.6) is 5.75 Å². The molecule has 0 spiro atoms. The van der Waals surface area contributed by atoms with Crippen LogP contribution in [0.2, 0.25) is 0 Å². The maximum absolute atomic E-state index is 12.1. The molecule has 1 N–H and O–H groups in total. The maximum atomic E-state index is 12.1. The van der Waals surface area contributed by atoms with E-state index in [1.54, 1.807) is 0 Å². The summed E-state index contributed by atoms with van der Waals surface area (Å²) in [6, 6.07) is 7.71. The van der Waals surface area contributed by atoms with Gasteiger partial charge in [-0.3, -0.25) is 4.79 Å². The molecule has 0 aromatic heterocycles. The van der Waals surface area contributed by atoms with E-state index in [0.29, 0.717) is 12.5 Å². The van der Waals surface area contributed by atoms with Gasteiger partial charge in [-0.2, -0.15) is 0 Å². The molecule has 0 aliphatic carbocycles. The van der Waals surface area contributed by atoms with Crippen molar-refractivity contribution in [2.24, 2.45) is 5.92 Å². The van der Waals surface area contributed by atoms with Crippen LogP contribution >= 0.6 is 0 Å². The summed E-state index contributed by atoms with van der Waals surface area (Å²) in [7, 11) is 0. The topological polar surface area (TPSA) is 41.6 Å². The fraction of sp³-hybridized carbons (Fsp3) is 0.562. The van der Waals surface area contributed by atoms with Crippen molar-refractivity contribution < 1.29 is 9.53 Å². The SMILES string of the molecule is CC(CNC(C)(C)C)CN1C(=O)COc2ccccc21. The van der Waals surface area contributed by atoms with Crippen LogP contribution in [0.1, 0.15) is 27.7 Å². The van der Waals surface area contributed by atoms with Crippen molar-refractivity contribution in [1.29, 1.82) is 0 Å². The van der Waals surface area contributed by atoms with Gasteiger partial charge < -0.3 is 15.0 Å². The minimum atomic E-state index is 0.0336. The molecule has 110 valence electrons. The van der Waals surface area contributed by atoms with Crippen LogP contribution in [0.15, 0.2) is 24.3 Å². The third-order valence-electron chi connectivity index (χ3n) is 3.28. The van der Waals surface area contributed by atoms with Gasteiger partial charge in [0.25, 0.3) is 5.91 Å². The highest BCUT2D eigenvalue weighted by molar-refractivity contribution is 5.97. The Labute approximate surface area is 121 Å². The first-order valence-corrected chi connectivity index (χ1v) is 7.14. The van der Waals surface area contributed by atoms with Gasteiger partial charge in [-0.15, -0.1) is 0 Å². The minimum absolute atomic E-state index is 0.0336. The van der Waals surface area contributed by atoms with E-state index in [1.165, 1.54) is 0 Å². The molecule has 0 radical (unpaired) electrons. The number of carbonyl (C=O) groups excluding carboxylic acids is 1. The second kappa shape index (κ2) is 5.83. The lowest BCUT2D eigenvalue weighted by atomic mass is 10.1. The van der Waals surface area contributed by atoms with Gasteiger partial charge >= 0.3 is 0 Å². The van der Waals surface area contributed by atoms with E-state index < -0.39 is 0 Å². The summed E-state index contributed by atoms with van der Waals surface area (Å²) in [5.74, 6) is 1.21. The fourth-order valence-electron chi connectivity index (χ4n) is 2.21. The molecule has 0 fully saturated rings. The predicted octanol–water partition coefficient (Wildman–Crippen LogP) is 2.44. The van der Waals surface area contributed by atoms with Gasteiger partial charge in [0.1, 0.15) is 5.75 Å². The second-order valence-electron chi connectivity index (χ2n) is 6.50. The van der Waals surface area contributed by atoms with Crippen LogP contribution in [-0.2, 0) is 4.79 Å². The number of rotatable bonds is 4. The Bertz CT molecular complexity index is 480. The molecule has 1 aromatic rings. The molecule has 2 rings (SSSR count). The molecule has 0 bridgehead atoms. The number of anilines is 1. The van der Waals surface area contributed by atoms with E-state index in [0.717, 1.165) is 18.0 Å². The molecular formula is C16H24N2O2. The van der Waals surface area contributed by atoms with Gasteiger partial charge in [0.15, 0.2) is 6.61 Å². The summed E-state index contributed by atoms with van der Waals surface area (Å²) in [4.78, 5) is 13.9. The highest BCUT2D eigenvalue weighted by Crippen LogP contribution is 2.31. The summed E-state index contributed by atoms with van der Waals surface area (Å²) in [5.41, 5.74) is 0.979. The first-order chi connectivity index (χ1) is 9.37. The van der Waals surface area contributed by atoms with E-state index in [1.807, 2.05) is 29.2 Å². The molecule has 4 nitrogen and oxygen atoms in total. The molecule has 1 unspecified atom stereocenters. The van der Waals surface area contributed by atoms with Crippen LogP contribution in [0.3, 0.4) is 0 Å². The van der Waals surface area contributed by atoms with Crippen molar-refractivity contribution in [1.82, 2.24) is 5.32 Å². The molecule has 1 heterocycles. The molecule has 1 aliphatic rings. The molecule has 1 aromatic carbocycles. The Morgan fingerprint density at radius 2 is 2.05 bits per heavy atom. The molecular weight excluding hydrogens is 252 g/mol. The quantitative estimate of drug-likeness (QED) is 0.918. The van der Waals surface area contributed by atoms with Crippen molar-refractivity contribution in [2.45, 2.75) is 33.2 Å². The van der Waals surface area contributed by atoms with Gasteiger partial charge in [-0.25, -0.2) is 0 Å². The molecule has 0 saturated carbocycles. The van der Waals surface area contributed by atoms with E-state index in [-0.39, 0.29) is 18.1 Å². The van der Waals surface area contributed by atoms with Gasteiger partial charge in [0.2, 0.25) is 0 Å². The molecule has 0 saturated heterocycles. The smallest absolute Gasteiger partial charge is 0.265 e. The van der Waals surface area contributed by atoms with Gasteiger partial charge in [-0.05, 0) is 45.4 Å². The molecule has 1 aliphatic heterocycles. The van der Waals surface area contributed by atoms with Crippen LogP contribution in [0.25, 0.3) is 0 Å². The van der Waals surface area contributed by atoms with Crippen molar-refractivity contribution in [3.63, 3.8) is 0 Å².